The summed E-state index contributed by atoms with van der Waals surface area (Å²) < 4.78 is 23.6. The number of nitrogens with two attached hydrogens (primary N) is 1. The Bertz CT molecular complexity index is 248. The first kappa shape index (κ1) is 16.3. The van der Waals surface area contributed by atoms with E-state index in [1.807, 2.05) is 0 Å². The molecule has 0 aromatic heterocycles. The topological polar surface area (TPSA) is 168 Å². The molecule has 0 unspecified atom stereocenters. The van der Waals surface area contributed by atoms with Gasteiger partial charge in [-0.1, -0.05) is 12.8 Å². The van der Waals surface area contributed by atoms with Crippen LogP contribution in [0.25, 0.3) is 0 Å². The van der Waals surface area contributed by atoms with Gasteiger partial charge in [-0.05, 0) is 12.8 Å². The van der Waals surface area contributed by atoms with E-state index in [0.717, 1.165) is 0 Å². The van der Waals surface area contributed by atoms with Crippen molar-refractivity contribution in [2.45, 2.75) is 25.7 Å². The zero-order valence-electron chi connectivity index (χ0n) is 10.0. The van der Waals surface area contributed by atoms with Gasteiger partial charge in [-0.15, -0.1) is 0 Å². The van der Waals surface area contributed by atoms with Crippen molar-refractivity contribution in [2.24, 2.45) is 5.90 Å². The van der Waals surface area contributed by atoms with Gasteiger partial charge in [0.2, 0.25) is 1.43 Å². The summed E-state index contributed by atoms with van der Waals surface area (Å²) in [5, 5.41) is 12.8. The van der Waals surface area contributed by atoms with Crippen LogP contribution >= 0.6 is 7.82 Å². The van der Waals surface area contributed by atoms with E-state index in [0.29, 0.717) is 25.7 Å². The third kappa shape index (κ3) is 21.2. The average molecular weight is 273 g/mol. The third-order valence-corrected chi connectivity index (χ3v) is 2.01. The lowest BCUT2D eigenvalue weighted by Gasteiger charge is -2.28. The van der Waals surface area contributed by atoms with Crippen molar-refractivity contribution in [3.05, 3.63) is 0 Å². The number of ether oxygens (including phenoxy) is 1. The third-order valence-electron chi connectivity index (χ3n) is 1.51. The molecule has 0 aliphatic rings. The first-order valence-corrected chi connectivity index (χ1v) is 6.12. The van der Waals surface area contributed by atoms with E-state index < -0.39 is 14.0 Å². The molecule has 0 fully saturated rings. The van der Waals surface area contributed by atoms with E-state index in [4.69, 9.17) is 1.43 Å². The lowest BCUT2D eigenvalue weighted by atomic mass is 10.2. The average Bonchev–Trinajstić information content (AvgIpc) is 2.21. The molecule has 0 aromatic carbocycles. The van der Waals surface area contributed by atoms with E-state index in [1.54, 1.807) is 0 Å². The molecule has 0 heterocycles. The molecule has 0 aliphatic carbocycles. The number of hydrogen-bond acceptors (Lipinski definition) is 9. The van der Waals surface area contributed by atoms with Crippen LogP contribution in [0, 0.1) is 0 Å². The first-order valence-electron chi connectivity index (χ1n) is 5.06. The number of carbonyl (C=O) groups is 1. The fourth-order valence-corrected chi connectivity index (χ4v) is 1.24. The van der Waals surface area contributed by atoms with Gasteiger partial charge in [0.05, 0.1) is 14.4 Å². The molecule has 10 heteroatoms. The van der Waals surface area contributed by atoms with Crippen molar-refractivity contribution in [1.29, 1.82) is 0 Å². The molecular formula is C7H15NO8P-3. The van der Waals surface area contributed by atoms with E-state index in [-0.39, 0.29) is 13.2 Å². The maximum absolute atomic E-state index is 10.00. The van der Waals surface area contributed by atoms with E-state index in [2.05, 4.69) is 20.4 Å². The van der Waals surface area contributed by atoms with Crippen LogP contribution in [-0.4, -0.2) is 24.6 Å². The summed E-state index contributed by atoms with van der Waals surface area (Å²) in [5.41, 5.74) is 0. The van der Waals surface area contributed by atoms with Gasteiger partial charge in [0.25, 0.3) is 6.16 Å². The minimum Gasteiger partial charge on any atom is -0.790 e. The molecule has 0 amide bonds. The monoisotopic (exact) mass is 273 g/mol. The Morgan fingerprint density at radius 2 is 1.76 bits per heavy atom. The van der Waals surface area contributed by atoms with Crippen LogP contribution in [0.3, 0.4) is 0 Å². The van der Waals surface area contributed by atoms with Crippen LogP contribution in [-0.2, 0) is 13.8 Å². The molecule has 9 nitrogen and oxygen atoms in total. The standard InChI is InChI=1S/C7H15O7P.H3NO/c8-7(9)13-5-3-1-2-4-6-14-15(10,11)12;1-2/h1-6H2,(H,8,9)(H2,10,11,12);2H,1H2/p-3/i;2D. The molecule has 0 spiro atoms. The summed E-state index contributed by atoms with van der Waals surface area (Å²) in [6, 6.07) is 0. The largest absolute Gasteiger partial charge is 0.790 e. The van der Waals surface area contributed by atoms with Crippen LogP contribution < -0.4 is 20.8 Å². The predicted octanol–water partition coefficient (Wildman–Crippen LogP) is -1.91. The van der Waals surface area contributed by atoms with Crippen LogP contribution in [0.4, 0.5) is 4.79 Å². The Hall–Kier alpha value is -0.700. The molecule has 0 rings (SSSR count). The fourth-order valence-electron chi connectivity index (χ4n) is 0.890. The molecule has 0 saturated heterocycles. The van der Waals surface area contributed by atoms with Crippen molar-refractivity contribution >= 4 is 14.0 Å². The Kier molecular flexibility index (Phi) is 11.3. The van der Waals surface area contributed by atoms with Crippen LogP contribution in [0.15, 0.2) is 0 Å². The lowest BCUT2D eigenvalue weighted by molar-refractivity contribution is -0.341. The molecule has 0 aromatic rings. The van der Waals surface area contributed by atoms with E-state index >= 15 is 0 Å². The van der Waals surface area contributed by atoms with Crippen molar-refractivity contribution in [3.63, 3.8) is 0 Å². The quantitative estimate of drug-likeness (QED) is 0.221. The second kappa shape index (κ2) is 11.8. The maximum Gasteiger partial charge on any atom is 0.251 e. The SMILES string of the molecule is O=C([O-])OCCCCCCOP(=O)([O-])[O-].[2H]ON. The summed E-state index contributed by atoms with van der Waals surface area (Å²) >= 11 is 0. The summed E-state index contributed by atoms with van der Waals surface area (Å²) in [6.45, 7) is -0.0730. The van der Waals surface area contributed by atoms with Crippen molar-refractivity contribution < 1.29 is 40.2 Å². The normalized spacial score (nSPS) is 11.1. The predicted molar refractivity (Wildman–Crippen MR) is 49.3 cm³/mol. The number of carboxylic acid groups (broad SMARTS) is 1. The van der Waals surface area contributed by atoms with Gasteiger partial charge in [-0.25, -0.2) is 5.90 Å². The smallest absolute Gasteiger partial charge is 0.251 e. The molecular weight excluding hydrogens is 257 g/mol. The number of rotatable bonds is 8. The zero-order chi connectivity index (χ0) is 14.4. The Morgan fingerprint density at radius 3 is 2.18 bits per heavy atom. The highest BCUT2D eigenvalue weighted by Gasteiger charge is 1.93. The Balaban J connectivity index is 0. The van der Waals surface area contributed by atoms with Crippen LogP contribution in [0.2, 0.25) is 1.43 Å². The first-order chi connectivity index (χ1) is 8.33. The highest BCUT2D eigenvalue weighted by Crippen LogP contribution is 2.24. The van der Waals surface area contributed by atoms with Gasteiger partial charge in [0.1, 0.15) is 0 Å². The zero-order valence-corrected chi connectivity index (χ0v) is 9.93. The van der Waals surface area contributed by atoms with Crippen molar-refractivity contribution in [3.8, 4) is 0 Å². The van der Waals surface area contributed by atoms with Gasteiger partial charge in [-0.2, -0.15) is 0 Å². The summed E-state index contributed by atoms with van der Waals surface area (Å²) in [7, 11) is -4.85. The van der Waals surface area contributed by atoms with Gasteiger partial charge in [0.15, 0.2) is 0 Å². The second-order valence-electron chi connectivity index (χ2n) is 2.79. The number of phosphoric acid groups is 1. The number of hydrogen-bond donors (Lipinski definition) is 2. The molecule has 104 valence electrons. The minimum absolute atomic E-state index is 0.0603. The second-order valence-corrected chi connectivity index (χ2v) is 3.95. The molecule has 0 radical (unpaired) electrons. The molecule has 0 bridgehead atoms. The number of unbranched alkanes of at least 4 members (excludes halogenated alkanes) is 3. The Morgan fingerprint density at radius 1 is 1.29 bits per heavy atom. The van der Waals surface area contributed by atoms with Crippen LogP contribution in [0.5, 0.6) is 0 Å². The molecule has 17 heavy (non-hydrogen) atoms. The molecule has 0 saturated carbocycles. The Labute approximate surface area is 99.8 Å². The molecule has 0 atom stereocenters. The van der Waals surface area contributed by atoms with E-state index in [9.17, 15) is 24.3 Å². The highest BCUT2D eigenvalue weighted by molar-refractivity contribution is 7.43. The summed E-state index contributed by atoms with van der Waals surface area (Å²) in [4.78, 5) is 29.8. The maximum atomic E-state index is 10.00. The van der Waals surface area contributed by atoms with Gasteiger partial charge in [-0.3, -0.25) is 0 Å². The van der Waals surface area contributed by atoms with Gasteiger partial charge in [0, 0.05) is 6.61 Å². The number of phosphoric ester groups is 1. The summed E-state index contributed by atoms with van der Waals surface area (Å²) in [5.74, 6) is 4.01. The highest BCUT2D eigenvalue weighted by atomic mass is 31.2. The molecule has 3 N–H and O–H groups in total. The fraction of sp³-hybridized carbons (Fsp3) is 0.857. The summed E-state index contributed by atoms with van der Waals surface area (Å²) in [6.07, 6.45) is 0.701. The van der Waals surface area contributed by atoms with Gasteiger partial charge >= 0.3 is 0 Å². The van der Waals surface area contributed by atoms with Crippen molar-refractivity contribution in [1.82, 2.24) is 0 Å². The van der Waals surface area contributed by atoms with Crippen LogP contribution in [0.1, 0.15) is 25.7 Å². The van der Waals surface area contributed by atoms with Gasteiger partial charge < -0.3 is 38.7 Å². The molecule has 0 aliphatic heterocycles. The number of carbonyl (C=O) groups excluding carboxylic acids is 1. The van der Waals surface area contributed by atoms with E-state index in [1.165, 1.54) is 0 Å². The lowest BCUT2D eigenvalue weighted by Crippen LogP contribution is -2.23. The van der Waals surface area contributed by atoms with Crippen molar-refractivity contribution in [2.75, 3.05) is 13.2 Å². The minimum atomic E-state index is -4.85.